The molecule has 31 heavy (non-hydrogen) atoms. The molecule has 0 radical (unpaired) electrons. The van der Waals surface area contributed by atoms with E-state index in [1.165, 1.54) is 0 Å². The molecule has 3 aromatic heterocycles. The highest BCUT2D eigenvalue weighted by atomic mass is 16.5. The Morgan fingerprint density at radius 3 is 2.77 bits per heavy atom. The van der Waals surface area contributed by atoms with Crippen LogP contribution in [0.2, 0.25) is 0 Å². The molecule has 9 heteroatoms. The van der Waals surface area contributed by atoms with Crippen molar-refractivity contribution in [1.29, 1.82) is 0 Å². The maximum atomic E-state index is 12.9. The van der Waals surface area contributed by atoms with Gasteiger partial charge in [0.2, 0.25) is 5.91 Å². The zero-order valence-corrected chi connectivity index (χ0v) is 18.4. The number of nitrogens with one attached hydrogen (secondary N) is 1. The van der Waals surface area contributed by atoms with Crippen LogP contribution >= 0.6 is 0 Å². The number of aryl methyl sites for hydroxylation is 3. The van der Waals surface area contributed by atoms with E-state index in [-0.39, 0.29) is 11.8 Å². The first-order chi connectivity index (χ1) is 14.9. The summed E-state index contributed by atoms with van der Waals surface area (Å²) in [5.41, 5.74) is 1.83. The summed E-state index contributed by atoms with van der Waals surface area (Å²) in [6.45, 7) is 8.86. The van der Waals surface area contributed by atoms with E-state index in [4.69, 9.17) is 9.15 Å². The van der Waals surface area contributed by atoms with Gasteiger partial charge in [0.25, 0.3) is 0 Å². The number of methoxy groups -OCH3 is 1. The number of amides is 1. The second-order valence-electron chi connectivity index (χ2n) is 7.95. The van der Waals surface area contributed by atoms with Gasteiger partial charge in [0, 0.05) is 32.0 Å². The molecule has 1 aliphatic heterocycles. The Labute approximate surface area is 181 Å². The SMILES string of the molecule is COCCN1CC[C@@H](C(=O)Nc2cc(-n3nc(C)cc3C)nc(-c3ccc(C)o3)n2)C1. The molecule has 0 spiro atoms. The predicted molar refractivity (Wildman–Crippen MR) is 116 cm³/mol. The Kier molecular flexibility index (Phi) is 6.15. The summed E-state index contributed by atoms with van der Waals surface area (Å²) >= 11 is 0. The molecule has 4 rings (SSSR count). The van der Waals surface area contributed by atoms with Crippen molar-refractivity contribution in [1.82, 2.24) is 24.6 Å². The van der Waals surface area contributed by atoms with Crippen LogP contribution < -0.4 is 5.32 Å². The number of furan rings is 1. The predicted octanol–water partition coefficient (Wildman–Crippen LogP) is 2.75. The molecule has 1 aliphatic rings. The molecule has 1 saturated heterocycles. The number of rotatable bonds is 7. The van der Waals surface area contributed by atoms with Gasteiger partial charge in [-0.2, -0.15) is 5.10 Å². The van der Waals surface area contributed by atoms with E-state index in [0.29, 0.717) is 29.8 Å². The lowest BCUT2D eigenvalue weighted by atomic mass is 10.1. The van der Waals surface area contributed by atoms with Gasteiger partial charge >= 0.3 is 0 Å². The lowest BCUT2D eigenvalue weighted by Gasteiger charge is -2.15. The molecular formula is C22H28N6O3. The molecule has 1 fully saturated rings. The van der Waals surface area contributed by atoms with Gasteiger partial charge in [0.05, 0.1) is 18.2 Å². The van der Waals surface area contributed by atoms with Crippen LogP contribution in [0.4, 0.5) is 5.82 Å². The van der Waals surface area contributed by atoms with Crippen molar-refractivity contribution in [3.63, 3.8) is 0 Å². The fourth-order valence-corrected chi connectivity index (χ4v) is 3.83. The van der Waals surface area contributed by atoms with E-state index < -0.39 is 0 Å². The first kappa shape index (κ1) is 21.2. The summed E-state index contributed by atoms with van der Waals surface area (Å²) in [4.78, 5) is 24.4. The maximum absolute atomic E-state index is 12.9. The van der Waals surface area contributed by atoms with Crippen molar-refractivity contribution in [2.24, 2.45) is 5.92 Å². The van der Waals surface area contributed by atoms with E-state index in [2.05, 4.69) is 25.3 Å². The number of aromatic nitrogens is 4. The molecule has 0 saturated carbocycles. The second kappa shape index (κ2) is 8.99. The van der Waals surface area contributed by atoms with Crippen LogP contribution in [0.3, 0.4) is 0 Å². The Hall–Kier alpha value is -3.04. The highest BCUT2D eigenvalue weighted by Crippen LogP contribution is 2.24. The molecule has 1 atom stereocenters. The van der Waals surface area contributed by atoms with Gasteiger partial charge in [-0.3, -0.25) is 4.79 Å². The third kappa shape index (κ3) is 4.83. The van der Waals surface area contributed by atoms with Crippen molar-refractivity contribution in [2.75, 3.05) is 38.7 Å². The van der Waals surface area contributed by atoms with Crippen molar-refractivity contribution in [3.05, 3.63) is 41.4 Å². The summed E-state index contributed by atoms with van der Waals surface area (Å²) in [5.74, 6) is 2.60. The normalized spacial score (nSPS) is 16.7. The summed E-state index contributed by atoms with van der Waals surface area (Å²) in [5, 5.41) is 7.50. The number of carbonyl (C=O) groups is 1. The number of anilines is 1. The molecule has 0 unspecified atom stereocenters. The minimum atomic E-state index is -0.0849. The zero-order chi connectivity index (χ0) is 22.0. The molecule has 164 valence electrons. The molecule has 3 aromatic rings. The van der Waals surface area contributed by atoms with Gasteiger partial charge in [0.1, 0.15) is 11.6 Å². The van der Waals surface area contributed by atoms with Gasteiger partial charge in [-0.05, 0) is 51.9 Å². The molecule has 0 aliphatic carbocycles. The molecule has 0 bridgehead atoms. The van der Waals surface area contributed by atoms with Crippen molar-refractivity contribution in [3.8, 4) is 17.4 Å². The Bertz CT molecular complexity index is 1070. The highest BCUT2D eigenvalue weighted by Gasteiger charge is 2.28. The number of carbonyl (C=O) groups excluding carboxylic acids is 1. The molecule has 1 N–H and O–H groups in total. The van der Waals surface area contributed by atoms with Gasteiger partial charge in [-0.1, -0.05) is 0 Å². The summed E-state index contributed by atoms with van der Waals surface area (Å²) in [7, 11) is 1.69. The van der Waals surface area contributed by atoms with E-state index in [1.807, 2.05) is 39.0 Å². The first-order valence-electron chi connectivity index (χ1n) is 10.4. The summed E-state index contributed by atoms with van der Waals surface area (Å²) in [6.07, 6.45) is 0.815. The van der Waals surface area contributed by atoms with Crippen LogP contribution in [0.15, 0.2) is 28.7 Å². The molecule has 1 amide bonds. The van der Waals surface area contributed by atoms with Gasteiger partial charge < -0.3 is 19.4 Å². The average Bonchev–Trinajstić information content (AvgIpc) is 3.46. The third-order valence-electron chi connectivity index (χ3n) is 5.41. The Morgan fingerprint density at radius 2 is 2.10 bits per heavy atom. The molecule has 9 nitrogen and oxygen atoms in total. The third-order valence-corrected chi connectivity index (χ3v) is 5.41. The molecular weight excluding hydrogens is 396 g/mol. The fourth-order valence-electron chi connectivity index (χ4n) is 3.83. The highest BCUT2D eigenvalue weighted by molar-refractivity contribution is 5.92. The number of hydrogen-bond donors (Lipinski definition) is 1. The Morgan fingerprint density at radius 1 is 1.26 bits per heavy atom. The number of nitrogens with zero attached hydrogens (tertiary/aromatic N) is 5. The lowest BCUT2D eigenvalue weighted by molar-refractivity contribution is -0.119. The molecule has 0 aromatic carbocycles. The Balaban J connectivity index is 1.60. The maximum Gasteiger partial charge on any atom is 0.229 e. The van der Waals surface area contributed by atoms with Crippen LogP contribution in [-0.2, 0) is 9.53 Å². The van der Waals surface area contributed by atoms with Gasteiger partial charge in [-0.25, -0.2) is 14.6 Å². The fraction of sp³-hybridized carbons (Fsp3) is 0.455. The van der Waals surface area contributed by atoms with E-state index >= 15 is 0 Å². The van der Waals surface area contributed by atoms with Crippen LogP contribution in [0.25, 0.3) is 17.4 Å². The van der Waals surface area contributed by atoms with Crippen molar-refractivity contribution in [2.45, 2.75) is 27.2 Å². The number of ether oxygens (including phenoxy) is 1. The van der Waals surface area contributed by atoms with Crippen LogP contribution in [-0.4, -0.2) is 63.9 Å². The monoisotopic (exact) mass is 424 g/mol. The standard InChI is InChI=1S/C22H28N6O3/c1-14-11-15(2)28(26-14)20-12-19(23-21(25-20)18-6-5-16(3)31-18)24-22(29)17-7-8-27(13-17)9-10-30-4/h5-6,11-12,17H,7-10,13H2,1-4H3,(H,23,24,25,29)/t17-/m1/s1. The quantitative estimate of drug-likeness (QED) is 0.623. The van der Waals surface area contributed by atoms with Gasteiger partial charge in [-0.15, -0.1) is 0 Å². The zero-order valence-electron chi connectivity index (χ0n) is 18.4. The minimum Gasteiger partial charge on any atom is -0.458 e. The number of likely N-dealkylation sites (tertiary alicyclic amines) is 1. The average molecular weight is 425 g/mol. The van der Waals surface area contributed by atoms with Crippen LogP contribution in [0.1, 0.15) is 23.6 Å². The number of hydrogen-bond acceptors (Lipinski definition) is 7. The largest absolute Gasteiger partial charge is 0.458 e. The second-order valence-corrected chi connectivity index (χ2v) is 7.95. The lowest BCUT2D eigenvalue weighted by Crippen LogP contribution is -2.29. The van der Waals surface area contributed by atoms with Gasteiger partial charge in [0.15, 0.2) is 17.4 Å². The first-order valence-corrected chi connectivity index (χ1v) is 10.4. The summed E-state index contributed by atoms with van der Waals surface area (Å²) < 4.78 is 12.6. The van der Waals surface area contributed by atoms with Crippen LogP contribution in [0, 0.1) is 26.7 Å². The van der Waals surface area contributed by atoms with Crippen molar-refractivity contribution < 1.29 is 13.9 Å². The van der Waals surface area contributed by atoms with Crippen LogP contribution in [0.5, 0.6) is 0 Å². The minimum absolute atomic E-state index is 0.0421. The van der Waals surface area contributed by atoms with Crippen molar-refractivity contribution >= 4 is 11.7 Å². The molecule has 4 heterocycles. The topological polar surface area (TPSA) is 98.3 Å². The summed E-state index contributed by atoms with van der Waals surface area (Å²) in [6, 6.07) is 7.41. The van der Waals surface area contributed by atoms with E-state index in [1.54, 1.807) is 17.9 Å². The van der Waals surface area contributed by atoms with E-state index in [0.717, 1.165) is 43.2 Å². The smallest absolute Gasteiger partial charge is 0.229 e. The van der Waals surface area contributed by atoms with E-state index in [9.17, 15) is 4.79 Å².